The number of pyridine rings is 1. The van der Waals surface area contributed by atoms with E-state index < -0.39 is 5.97 Å². The quantitative estimate of drug-likeness (QED) is 0.873. The largest absolute Gasteiger partial charge is 0.477 e. The molecule has 6 nitrogen and oxygen atoms in total. The summed E-state index contributed by atoms with van der Waals surface area (Å²) in [4.78, 5) is 28.5. The van der Waals surface area contributed by atoms with E-state index >= 15 is 0 Å². The highest BCUT2D eigenvalue weighted by molar-refractivity contribution is 5.96. The van der Waals surface area contributed by atoms with Crippen LogP contribution in [0.25, 0.3) is 0 Å². The highest BCUT2D eigenvalue weighted by atomic mass is 16.5. The van der Waals surface area contributed by atoms with E-state index in [9.17, 15) is 9.59 Å². The summed E-state index contributed by atoms with van der Waals surface area (Å²) in [6.45, 7) is 1.97. The summed E-state index contributed by atoms with van der Waals surface area (Å²) >= 11 is 0. The Labute approximate surface area is 111 Å². The molecule has 1 atom stereocenters. The molecule has 1 N–H and O–H groups in total. The van der Waals surface area contributed by atoms with Gasteiger partial charge >= 0.3 is 5.97 Å². The highest BCUT2D eigenvalue weighted by Gasteiger charge is 2.27. The molecule has 0 aromatic carbocycles. The van der Waals surface area contributed by atoms with Crippen molar-refractivity contribution in [2.45, 2.75) is 6.42 Å². The zero-order valence-corrected chi connectivity index (χ0v) is 10.7. The lowest BCUT2D eigenvalue weighted by Gasteiger charge is -2.16. The van der Waals surface area contributed by atoms with Gasteiger partial charge in [-0.2, -0.15) is 0 Å². The molecule has 0 bridgehead atoms. The highest BCUT2D eigenvalue weighted by Crippen LogP contribution is 2.19. The van der Waals surface area contributed by atoms with Gasteiger partial charge in [0.25, 0.3) is 5.91 Å². The monoisotopic (exact) mass is 264 g/mol. The number of aromatic carboxylic acids is 1. The Balaban J connectivity index is 2.08. The fraction of sp³-hybridized carbons (Fsp3) is 0.462. The van der Waals surface area contributed by atoms with Crippen LogP contribution in [-0.4, -0.2) is 53.7 Å². The van der Waals surface area contributed by atoms with Crippen molar-refractivity contribution in [3.63, 3.8) is 0 Å². The molecule has 0 radical (unpaired) electrons. The van der Waals surface area contributed by atoms with Crippen LogP contribution in [0.3, 0.4) is 0 Å². The van der Waals surface area contributed by atoms with E-state index in [1.54, 1.807) is 18.1 Å². The van der Waals surface area contributed by atoms with Gasteiger partial charge in [0.2, 0.25) is 0 Å². The standard InChI is InChI=1S/C13H16N2O4/c1-19-8-9-3-5-15(7-9)12(16)10-2-4-14-11(6-10)13(17)18/h2,4,6,9H,3,5,7-8H2,1H3,(H,17,18). The van der Waals surface area contributed by atoms with Crippen molar-refractivity contribution in [1.29, 1.82) is 0 Å². The number of ether oxygens (including phenoxy) is 1. The number of aromatic nitrogens is 1. The maximum Gasteiger partial charge on any atom is 0.354 e. The lowest BCUT2D eigenvalue weighted by molar-refractivity contribution is 0.0690. The number of rotatable bonds is 4. The molecule has 6 heteroatoms. The van der Waals surface area contributed by atoms with Crippen LogP contribution in [0.15, 0.2) is 18.3 Å². The minimum atomic E-state index is -1.13. The second kappa shape index (κ2) is 5.79. The minimum absolute atomic E-state index is 0.113. The molecule has 1 amide bonds. The summed E-state index contributed by atoms with van der Waals surface area (Å²) in [7, 11) is 1.65. The zero-order valence-electron chi connectivity index (χ0n) is 10.7. The smallest absolute Gasteiger partial charge is 0.354 e. The van der Waals surface area contributed by atoms with Crippen LogP contribution in [0.4, 0.5) is 0 Å². The molecule has 1 saturated heterocycles. The molecule has 0 saturated carbocycles. The van der Waals surface area contributed by atoms with E-state index in [1.807, 2.05) is 0 Å². The number of hydrogen-bond acceptors (Lipinski definition) is 4. The molecule has 2 heterocycles. The second-order valence-corrected chi connectivity index (χ2v) is 4.60. The molecular formula is C13H16N2O4. The number of carboxylic acids is 1. The second-order valence-electron chi connectivity index (χ2n) is 4.60. The average Bonchev–Trinajstić information content (AvgIpc) is 2.87. The van der Waals surface area contributed by atoms with E-state index in [4.69, 9.17) is 9.84 Å². The maximum atomic E-state index is 12.2. The number of carbonyl (C=O) groups is 2. The van der Waals surface area contributed by atoms with Crippen molar-refractivity contribution in [3.05, 3.63) is 29.6 Å². The first-order valence-electron chi connectivity index (χ1n) is 6.09. The van der Waals surface area contributed by atoms with E-state index in [2.05, 4.69) is 4.98 Å². The van der Waals surface area contributed by atoms with Gasteiger partial charge in [0.1, 0.15) is 5.69 Å². The minimum Gasteiger partial charge on any atom is -0.477 e. The molecule has 1 unspecified atom stereocenters. The first-order valence-corrected chi connectivity index (χ1v) is 6.09. The van der Waals surface area contributed by atoms with Gasteiger partial charge in [-0.1, -0.05) is 0 Å². The Hall–Kier alpha value is -1.95. The van der Waals surface area contributed by atoms with Gasteiger partial charge in [0, 0.05) is 37.9 Å². The van der Waals surface area contributed by atoms with Gasteiger partial charge in [-0.15, -0.1) is 0 Å². The number of likely N-dealkylation sites (tertiary alicyclic amines) is 1. The summed E-state index contributed by atoms with van der Waals surface area (Å²) in [5, 5.41) is 8.86. The Morgan fingerprint density at radius 3 is 3.05 bits per heavy atom. The predicted molar refractivity (Wildman–Crippen MR) is 67.1 cm³/mol. The van der Waals surface area contributed by atoms with Crippen molar-refractivity contribution in [2.75, 3.05) is 26.8 Å². The third-order valence-electron chi connectivity index (χ3n) is 3.20. The number of hydrogen-bond donors (Lipinski definition) is 1. The van der Waals surface area contributed by atoms with Crippen molar-refractivity contribution in [1.82, 2.24) is 9.88 Å². The van der Waals surface area contributed by atoms with Crippen LogP contribution < -0.4 is 0 Å². The van der Waals surface area contributed by atoms with Gasteiger partial charge in [-0.25, -0.2) is 9.78 Å². The van der Waals surface area contributed by atoms with Gasteiger partial charge in [-0.3, -0.25) is 4.79 Å². The maximum absolute atomic E-state index is 12.2. The fourth-order valence-corrected chi connectivity index (χ4v) is 2.25. The summed E-state index contributed by atoms with van der Waals surface area (Å²) in [5.74, 6) is -0.924. The summed E-state index contributed by atoms with van der Waals surface area (Å²) in [6, 6.07) is 2.85. The number of carboxylic acid groups (broad SMARTS) is 1. The lowest BCUT2D eigenvalue weighted by Crippen LogP contribution is -2.29. The number of carbonyl (C=O) groups excluding carboxylic acids is 1. The normalized spacial score (nSPS) is 18.6. The number of methoxy groups -OCH3 is 1. The summed E-state index contributed by atoms with van der Waals surface area (Å²) < 4.78 is 5.08. The average molecular weight is 264 g/mol. The van der Waals surface area contributed by atoms with Crippen LogP contribution >= 0.6 is 0 Å². The molecule has 19 heavy (non-hydrogen) atoms. The summed E-state index contributed by atoms with van der Waals surface area (Å²) in [6.07, 6.45) is 2.26. The first kappa shape index (κ1) is 13.5. The van der Waals surface area contributed by atoms with Gasteiger partial charge in [0.15, 0.2) is 0 Å². The van der Waals surface area contributed by atoms with Gasteiger partial charge in [0.05, 0.1) is 6.61 Å². The Morgan fingerprint density at radius 1 is 1.58 bits per heavy atom. The molecular weight excluding hydrogens is 248 g/mol. The lowest BCUT2D eigenvalue weighted by atomic mass is 10.1. The van der Waals surface area contributed by atoms with Crippen molar-refractivity contribution in [3.8, 4) is 0 Å². The Bertz CT molecular complexity index is 489. The molecule has 1 aliphatic rings. The van der Waals surface area contributed by atoms with Crippen LogP contribution in [0.2, 0.25) is 0 Å². The first-order chi connectivity index (χ1) is 9.11. The van der Waals surface area contributed by atoms with Crippen molar-refractivity contribution in [2.24, 2.45) is 5.92 Å². The SMILES string of the molecule is COCC1CCN(C(=O)c2ccnc(C(=O)O)c2)C1. The topological polar surface area (TPSA) is 79.7 Å². The van der Waals surface area contributed by atoms with Gasteiger partial charge < -0.3 is 14.7 Å². The summed E-state index contributed by atoms with van der Waals surface area (Å²) in [5.41, 5.74) is 0.254. The van der Waals surface area contributed by atoms with E-state index in [-0.39, 0.29) is 11.6 Å². The van der Waals surface area contributed by atoms with E-state index in [0.717, 1.165) is 6.42 Å². The van der Waals surface area contributed by atoms with Crippen LogP contribution in [0, 0.1) is 5.92 Å². The van der Waals surface area contributed by atoms with E-state index in [1.165, 1.54) is 12.3 Å². The van der Waals surface area contributed by atoms with Crippen LogP contribution in [-0.2, 0) is 4.74 Å². The molecule has 102 valence electrons. The molecule has 1 aliphatic heterocycles. The third kappa shape index (κ3) is 3.08. The number of nitrogens with zero attached hydrogens (tertiary/aromatic N) is 2. The van der Waals surface area contributed by atoms with E-state index in [0.29, 0.717) is 31.2 Å². The molecule has 1 aromatic rings. The predicted octanol–water partition coefficient (Wildman–Crippen LogP) is 0.888. The molecule has 2 rings (SSSR count). The Morgan fingerprint density at radius 2 is 2.37 bits per heavy atom. The third-order valence-corrected chi connectivity index (χ3v) is 3.20. The Kier molecular flexibility index (Phi) is 4.11. The molecule has 1 fully saturated rings. The van der Waals surface area contributed by atoms with Crippen molar-refractivity contribution < 1.29 is 19.4 Å². The zero-order chi connectivity index (χ0) is 13.8. The fourth-order valence-electron chi connectivity index (χ4n) is 2.25. The van der Waals surface area contributed by atoms with Crippen LogP contribution in [0.1, 0.15) is 27.3 Å². The molecule has 0 spiro atoms. The van der Waals surface area contributed by atoms with Gasteiger partial charge in [-0.05, 0) is 18.6 Å². The number of amides is 1. The van der Waals surface area contributed by atoms with Crippen molar-refractivity contribution >= 4 is 11.9 Å². The molecule has 1 aromatic heterocycles. The molecule has 0 aliphatic carbocycles. The van der Waals surface area contributed by atoms with Crippen LogP contribution in [0.5, 0.6) is 0 Å².